The Morgan fingerprint density at radius 2 is 1.79 bits per heavy atom. The summed E-state index contributed by atoms with van der Waals surface area (Å²) in [6, 6.07) is 7.50. The van der Waals surface area contributed by atoms with Gasteiger partial charge in [0.15, 0.2) is 0 Å². The van der Waals surface area contributed by atoms with Crippen molar-refractivity contribution < 1.29 is 9.53 Å². The first kappa shape index (κ1) is 29.0. The van der Waals surface area contributed by atoms with E-state index in [4.69, 9.17) is 16.3 Å². The third-order valence-corrected chi connectivity index (χ3v) is 12.1. The minimum atomic E-state index is -0.235. The Labute approximate surface area is 243 Å². The second-order valence-electron chi connectivity index (χ2n) is 14.5. The van der Waals surface area contributed by atoms with Gasteiger partial charge in [-0.3, -0.25) is 0 Å². The van der Waals surface area contributed by atoms with Gasteiger partial charge >= 0.3 is 5.97 Å². The summed E-state index contributed by atoms with van der Waals surface area (Å²) in [6.07, 6.45) is 20.1. The summed E-state index contributed by atoms with van der Waals surface area (Å²) < 4.78 is 5.95. The van der Waals surface area contributed by atoms with Crippen molar-refractivity contribution >= 4 is 23.6 Å². The summed E-state index contributed by atoms with van der Waals surface area (Å²) in [5.74, 6) is 4.88. The van der Waals surface area contributed by atoms with E-state index in [0.717, 1.165) is 60.3 Å². The van der Waals surface area contributed by atoms with Crippen molar-refractivity contribution in [3.05, 3.63) is 52.6 Å². The molecule has 1 aromatic rings. The van der Waals surface area contributed by atoms with E-state index in [0.29, 0.717) is 10.4 Å². The van der Waals surface area contributed by atoms with Gasteiger partial charge in [-0.1, -0.05) is 89.3 Å². The minimum Gasteiger partial charge on any atom is -0.459 e. The number of esters is 1. The molecule has 0 bridgehead atoms. The van der Waals surface area contributed by atoms with Gasteiger partial charge < -0.3 is 4.74 Å². The number of benzene rings is 1. The van der Waals surface area contributed by atoms with Gasteiger partial charge in [0.2, 0.25) is 0 Å². The Morgan fingerprint density at radius 3 is 2.54 bits per heavy atom. The van der Waals surface area contributed by atoms with Gasteiger partial charge in [-0.2, -0.15) is 0 Å². The molecule has 39 heavy (non-hydrogen) atoms. The van der Waals surface area contributed by atoms with Crippen LogP contribution < -0.4 is 0 Å². The quantitative estimate of drug-likeness (QED) is 0.183. The fourth-order valence-electron chi connectivity index (χ4n) is 9.69. The van der Waals surface area contributed by atoms with Crippen molar-refractivity contribution in [3.63, 3.8) is 0 Å². The van der Waals surface area contributed by atoms with Crippen LogP contribution in [0.3, 0.4) is 0 Å². The van der Waals surface area contributed by atoms with Gasteiger partial charge in [0.25, 0.3) is 0 Å². The predicted octanol–water partition coefficient (Wildman–Crippen LogP) is 10.3. The third-order valence-electron chi connectivity index (χ3n) is 11.8. The minimum absolute atomic E-state index is 0.000325. The van der Waals surface area contributed by atoms with Crippen molar-refractivity contribution in [2.75, 3.05) is 0 Å². The summed E-state index contributed by atoms with van der Waals surface area (Å²) in [6.45, 7) is 12.5. The summed E-state index contributed by atoms with van der Waals surface area (Å²) in [5, 5.41) is 0.699. The molecule has 0 aromatic heterocycles. The monoisotopic (exact) mass is 550 g/mol. The maximum Gasteiger partial charge on any atom is 0.331 e. The first-order valence-electron chi connectivity index (χ1n) is 15.9. The summed E-state index contributed by atoms with van der Waals surface area (Å²) in [7, 11) is 0. The van der Waals surface area contributed by atoms with Crippen LogP contribution in [0.15, 0.2) is 42.0 Å². The molecule has 4 aliphatic rings. The number of ether oxygens (including phenoxy) is 1. The molecule has 3 saturated carbocycles. The van der Waals surface area contributed by atoms with Gasteiger partial charge in [0.1, 0.15) is 6.10 Å². The highest BCUT2D eigenvalue weighted by Crippen LogP contribution is 2.67. The summed E-state index contributed by atoms with van der Waals surface area (Å²) in [4.78, 5) is 12.6. The lowest BCUT2D eigenvalue weighted by Crippen LogP contribution is -2.51. The van der Waals surface area contributed by atoms with Crippen molar-refractivity contribution in [2.24, 2.45) is 46.3 Å². The highest BCUT2D eigenvalue weighted by atomic mass is 35.5. The number of carbonyl (C=O) groups excluding carboxylic acids is 1. The van der Waals surface area contributed by atoms with Crippen LogP contribution in [0.4, 0.5) is 0 Å². The second kappa shape index (κ2) is 11.8. The van der Waals surface area contributed by atoms with Crippen LogP contribution in [0.1, 0.15) is 111 Å². The molecule has 4 aliphatic carbocycles. The average molecular weight is 551 g/mol. The van der Waals surface area contributed by atoms with E-state index in [9.17, 15) is 4.79 Å². The molecule has 0 saturated heterocycles. The molecule has 1 aromatic carbocycles. The molecule has 0 N–H and O–H groups in total. The predicted molar refractivity (Wildman–Crippen MR) is 163 cm³/mol. The highest BCUT2D eigenvalue weighted by molar-refractivity contribution is 6.30. The van der Waals surface area contributed by atoms with E-state index in [1.54, 1.807) is 11.6 Å². The lowest BCUT2D eigenvalue weighted by Gasteiger charge is -2.58. The standard InChI is InChI=1S/C36H51ClO2/c1-24(2)7-6-8-25(3)31-16-17-32-30-15-12-27-23-29(19-21-35(27,4)33(30)20-22-36(31,32)5)39-34(38)18-11-26-9-13-28(37)14-10-26/h9-14,18,24-25,29-33H,6-8,15-17,19-23H2,1-5H3/t25-,29?,30?,31-,32?,33?,35+,36-/m1/s1. The molecule has 0 aliphatic heterocycles. The molecule has 0 heterocycles. The number of halogens is 1. The van der Waals surface area contributed by atoms with Crippen molar-refractivity contribution in [2.45, 2.75) is 111 Å². The molecule has 8 atom stereocenters. The normalized spacial score (nSPS) is 36.7. The molecule has 0 spiro atoms. The molecule has 5 rings (SSSR count). The largest absolute Gasteiger partial charge is 0.459 e. The van der Waals surface area contributed by atoms with Crippen molar-refractivity contribution in [1.82, 2.24) is 0 Å². The Morgan fingerprint density at radius 1 is 1.03 bits per heavy atom. The van der Waals surface area contributed by atoms with Crippen molar-refractivity contribution in [3.8, 4) is 0 Å². The maximum absolute atomic E-state index is 12.6. The zero-order chi connectivity index (χ0) is 27.8. The molecular weight excluding hydrogens is 500 g/mol. The highest BCUT2D eigenvalue weighted by Gasteiger charge is 2.59. The number of carbonyl (C=O) groups is 1. The SMILES string of the molecule is CC(C)CCC[C@@H](C)[C@H]1CCC2C3CC=C4CC(OC(=O)C=Cc5ccc(Cl)cc5)CC[C@]4(C)C3CC[C@@]21C. The van der Waals surface area contributed by atoms with E-state index in [2.05, 4.69) is 40.7 Å². The van der Waals surface area contributed by atoms with Gasteiger partial charge in [0, 0.05) is 17.5 Å². The molecule has 3 fully saturated rings. The van der Waals surface area contributed by atoms with E-state index < -0.39 is 0 Å². The summed E-state index contributed by atoms with van der Waals surface area (Å²) >= 11 is 5.97. The molecule has 214 valence electrons. The lowest BCUT2D eigenvalue weighted by atomic mass is 9.47. The zero-order valence-corrected chi connectivity index (χ0v) is 25.8. The van der Waals surface area contributed by atoms with E-state index in [-0.39, 0.29) is 17.5 Å². The smallest absolute Gasteiger partial charge is 0.331 e. The first-order valence-corrected chi connectivity index (χ1v) is 16.3. The Hall–Kier alpha value is -1.54. The third kappa shape index (κ3) is 5.93. The molecule has 0 amide bonds. The molecule has 3 heteroatoms. The molecular formula is C36H51ClO2. The molecule has 2 nitrogen and oxygen atoms in total. The van der Waals surface area contributed by atoms with Gasteiger partial charge in [0.05, 0.1) is 0 Å². The van der Waals surface area contributed by atoms with Gasteiger partial charge in [-0.15, -0.1) is 0 Å². The number of hydrogen-bond donors (Lipinski definition) is 0. The Balaban J connectivity index is 1.21. The fraction of sp³-hybridized carbons (Fsp3) is 0.694. The number of allylic oxidation sites excluding steroid dienone is 1. The van der Waals surface area contributed by atoms with Gasteiger partial charge in [-0.25, -0.2) is 4.79 Å². The fourth-order valence-corrected chi connectivity index (χ4v) is 9.82. The molecule has 4 unspecified atom stereocenters. The Bertz CT molecular complexity index is 1070. The van der Waals surface area contributed by atoms with Crippen LogP contribution in [-0.2, 0) is 9.53 Å². The lowest BCUT2D eigenvalue weighted by molar-refractivity contribution is -0.145. The zero-order valence-electron chi connectivity index (χ0n) is 25.1. The van der Waals surface area contributed by atoms with Crippen LogP contribution >= 0.6 is 11.6 Å². The Kier molecular flexibility index (Phi) is 8.73. The first-order chi connectivity index (χ1) is 18.6. The van der Waals surface area contributed by atoms with Crippen LogP contribution in [0.5, 0.6) is 0 Å². The molecule has 0 radical (unpaired) electrons. The van der Waals surface area contributed by atoms with Crippen molar-refractivity contribution in [1.29, 1.82) is 0 Å². The van der Waals surface area contributed by atoms with Crippen LogP contribution in [0.2, 0.25) is 5.02 Å². The van der Waals surface area contributed by atoms with E-state index in [1.165, 1.54) is 51.4 Å². The van der Waals surface area contributed by atoms with Gasteiger partial charge in [-0.05, 0) is 115 Å². The number of hydrogen-bond acceptors (Lipinski definition) is 2. The van der Waals surface area contributed by atoms with E-state index >= 15 is 0 Å². The topological polar surface area (TPSA) is 26.3 Å². The van der Waals surface area contributed by atoms with Crippen LogP contribution in [0, 0.1) is 46.3 Å². The average Bonchev–Trinajstić information content (AvgIpc) is 3.25. The maximum atomic E-state index is 12.6. The van der Waals surface area contributed by atoms with Crippen LogP contribution in [0.25, 0.3) is 6.08 Å². The number of fused-ring (bicyclic) bond motifs is 5. The van der Waals surface area contributed by atoms with E-state index in [1.807, 2.05) is 30.3 Å². The second-order valence-corrected chi connectivity index (χ2v) is 14.9. The van der Waals surface area contributed by atoms with Crippen LogP contribution in [-0.4, -0.2) is 12.1 Å². The number of rotatable bonds is 8. The summed E-state index contributed by atoms with van der Waals surface area (Å²) in [5.41, 5.74) is 3.35.